The summed E-state index contributed by atoms with van der Waals surface area (Å²) in [6.07, 6.45) is 2.35. The number of nitrogens with zero attached hydrogens (tertiary/aromatic N) is 3. The molecule has 0 aliphatic carbocycles. The van der Waals surface area contributed by atoms with Crippen molar-refractivity contribution in [1.29, 1.82) is 0 Å². The van der Waals surface area contributed by atoms with Crippen molar-refractivity contribution in [3.63, 3.8) is 0 Å². The monoisotopic (exact) mass is 497 g/mol. The van der Waals surface area contributed by atoms with Gasteiger partial charge in [-0.15, -0.1) is 0 Å². The smallest absolute Gasteiger partial charge is 0.227 e. The molecule has 0 spiro atoms. The highest BCUT2D eigenvalue weighted by molar-refractivity contribution is 5.97. The number of rotatable bonds is 10. The van der Waals surface area contributed by atoms with E-state index < -0.39 is 0 Å². The van der Waals surface area contributed by atoms with Crippen LogP contribution in [0.3, 0.4) is 0 Å². The minimum Gasteiger partial charge on any atom is -0.493 e. The molecule has 1 aliphatic rings. The van der Waals surface area contributed by atoms with Gasteiger partial charge in [-0.05, 0) is 75.1 Å². The molecule has 192 valence electrons. The maximum absolute atomic E-state index is 13.1. The van der Waals surface area contributed by atoms with Gasteiger partial charge in [0.05, 0.1) is 29.9 Å². The van der Waals surface area contributed by atoms with Crippen LogP contribution in [0.25, 0.3) is 11.0 Å². The maximum atomic E-state index is 13.1. The van der Waals surface area contributed by atoms with Gasteiger partial charge in [-0.2, -0.15) is 0 Å². The first-order valence-corrected chi connectivity index (χ1v) is 13.2. The average molecular weight is 498 g/mol. The topological polar surface area (TPSA) is 56.6 Å². The number of aryl methyl sites for hydroxylation is 2. The van der Waals surface area contributed by atoms with Crippen molar-refractivity contribution in [1.82, 2.24) is 9.55 Å². The van der Waals surface area contributed by atoms with Gasteiger partial charge >= 0.3 is 0 Å². The van der Waals surface area contributed by atoms with Crippen LogP contribution in [0.5, 0.6) is 11.5 Å². The third-order valence-electron chi connectivity index (χ3n) is 7.22. The molecule has 0 N–H and O–H groups in total. The number of hydrogen-bond donors (Lipinski definition) is 0. The minimum atomic E-state index is 0.0285. The summed E-state index contributed by atoms with van der Waals surface area (Å²) in [6.45, 7) is 8.85. The summed E-state index contributed by atoms with van der Waals surface area (Å²) >= 11 is 0. The zero-order chi connectivity index (χ0) is 25.8. The first kappa shape index (κ1) is 24.9. The second kappa shape index (κ2) is 11.1. The van der Waals surface area contributed by atoms with E-state index in [1.165, 1.54) is 11.1 Å². The highest BCUT2D eigenvalue weighted by Gasteiger charge is 2.35. The third kappa shape index (κ3) is 5.19. The van der Waals surface area contributed by atoms with Crippen LogP contribution in [0.15, 0.2) is 66.7 Å². The molecule has 2 heterocycles. The summed E-state index contributed by atoms with van der Waals surface area (Å²) in [7, 11) is 0. The van der Waals surface area contributed by atoms with Gasteiger partial charge < -0.3 is 18.9 Å². The molecule has 6 nitrogen and oxygen atoms in total. The second-order valence-corrected chi connectivity index (χ2v) is 9.67. The molecule has 1 aromatic heterocycles. The molecule has 1 aliphatic heterocycles. The number of fused-ring (bicyclic) bond motifs is 1. The Kier molecular flexibility index (Phi) is 7.45. The van der Waals surface area contributed by atoms with Crippen LogP contribution in [0.4, 0.5) is 5.69 Å². The van der Waals surface area contributed by atoms with Gasteiger partial charge in [0.2, 0.25) is 5.91 Å². The van der Waals surface area contributed by atoms with E-state index in [9.17, 15) is 4.79 Å². The van der Waals surface area contributed by atoms with Crippen molar-refractivity contribution < 1.29 is 14.3 Å². The summed E-state index contributed by atoms with van der Waals surface area (Å²) in [5.41, 5.74) is 5.38. The molecule has 1 amide bonds. The zero-order valence-electron chi connectivity index (χ0n) is 21.9. The Morgan fingerprint density at radius 1 is 0.919 bits per heavy atom. The van der Waals surface area contributed by atoms with Crippen LogP contribution < -0.4 is 14.4 Å². The fraction of sp³-hybridized carbons (Fsp3) is 0.355. The van der Waals surface area contributed by atoms with Gasteiger partial charge in [-0.3, -0.25) is 4.79 Å². The van der Waals surface area contributed by atoms with Crippen LogP contribution in [0.2, 0.25) is 0 Å². The number of carbonyl (C=O) groups excluding carboxylic acids is 1. The number of benzene rings is 3. The van der Waals surface area contributed by atoms with Gasteiger partial charge in [-0.1, -0.05) is 36.4 Å². The molecule has 0 bridgehead atoms. The molecule has 0 radical (unpaired) electrons. The van der Waals surface area contributed by atoms with Crippen molar-refractivity contribution >= 4 is 22.6 Å². The molecular formula is C31H35N3O3. The number of carbonyl (C=O) groups is 1. The largest absolute Gasteiger partial charge is 0.493 e. The number of ether oxygens (including phenoxy) is 2. The van der Waals surface area contributed by atoms with Gasteiger partial charge in [0.15, 0.2) is 0 Å². The maximum Gasteiger partial charge on any atom is 0.227 e. The van der Waals surface area contributed by atoms with Crippen molar-refractivity contribution in [3.8, 4) is 11.5 Å². The van der Waals surface area contributed by atoms with E-state index in [-0.39, 0.29) is 11.8 Å². The van der Waals surface area contributed by atoms with Crippen LogP contribution >= 0.6 is 0 Å². The van der Waals surface area contributed by atoms with Crippen molar-refractivity contribution in [2.45, 2.75) is 52.5 Å². The predicted molar refractivity (Wildman–Crippen MR) is 148 cm³/mol. The van der Waals surface area contributed by atoms with E-state index in [1.807, 2.05) is 54.3 Å². The number of aromatic nitrogens is 2. The zero-order valence-corrected chi connectivity index (χ0v) is 21.9. The Balaban J connectivity index is 1.31. The SMILES string of the molecule is CCOc1ccccc1N1C[C@H](c2nc3ccccc3n2CCCCOc2cccc(C)c2C)CC1=O. The van der Waals surface area contributed by atoms with E-state index >= 15 is 0 Å². The number of anilines is 1. The second-order valence-electron chi connectivity index (χ2n) is 9.67. The van der Waals surface area contributed by atoms with Crippen LogP contribution in [0, 0.1) is 13.8 Å². The predicted octanol–water partition coefficient (Wildman–Crippen LogP) is 6.43. The number of imidazole rings is 1. The molecular weight excluding hydrogens is 462 g/mol. The van der Waals surface area contributed by atoms with E-state index in [2.05, 4.69) is 42.7 Å². The fourth-order valence-corrected chi connectivity index (χ4v) is 5.15. The highest BCUT2D eigenvalue weighted by Crippen LogP contribution is 2.37. The molecule has 1 atom stereocenters. The van der Waals surface area contributed by atoms with Gasteiger partial charge in [0, 0.05) is 25.4 Å². The summed E-state index contributed by atoms with van der Waals surface area (Å²) < 4.78 is 14.2. The minimum absolute atomic E-state index is 0.0285. The lowest BCUT2D eigenvalue weighted by molar-refractivity contribution is -0.117. The number of hydrogen-bond acceptors (Lipinski definition) is 4. The summed E-state index contributed by atoms with van der Waals surface area (Å²) in [5.74, 6) is 2.84. The van der Waals surface area contributed by atoms with E-state index in [0.717, 1.165) is 53.4 Å². The highest BCUT2D eigenvalue weighted by atomic mass is 16.5. The molecule has 37 heavy (non-hydrogen) atoms. The first-order valence-electron chi connectivity index (χ1n) is 13.2. The van der Waals surface area contributed by atoms with Crippen molar-refractivity contribution in [2.24, 2.45) is 0 Å². The molecule has 0 saturated carbocycles. The van der Waals surface area contributed by atoms with Gasteiger partial charge in [-0.25, -0.2) is 4.98 Å². The lowest BCUT2D eigenvalue weighted by Crippen LogP contribution is -2.25. The summed E-state index contributed by atoms with van der Waals surface area (Å²) in [4.78, 5) is 20.0. The van der Waals surface area contributed by atoms with Crippen molar-refractivity contribution in [2.75, 3.05) is 24.7 Å². The molecule has 1 saturated heterocycles. The molecule has 4 aromatic rings. The van der Waals surface area contributed by atoms with E-state index in [4.69, 9.17) is 14.5 Å². The summed E-state index contributed by atoms with van der Waals surface area (Å²) in [6, 6.07) is 22.2. The van der Waals surface area contributed by atoms with E-state index in [1.54, 1.807) is 0 Å². The molecule has 0 unspecified atom stereocenters. The van der Waals surface area contributed by atoms with Crippen molar-refractivity contribution in [3.05, 3.63) is 83.7 Å². The Morgan fingerprint density at radius 2 is 1.70 bits per heavy atom. The number of unbranched alkanes of at least 4 members (excludes halogenated alkanes) is 1. The Hall–Kier alpha value is -3.80. The standard InChI is InChI=1S/C31H35N3O3/c1-4-36-29-16-8-7-15-27(29)34-21-24(20-30(34)35)31-32-25-13-5-6-14-26(25)33(31)18-9-10-19-37-28-17-11-12-22(2)23(28)3/h5-8,11-17,24H,4,9-10,18-21H2,1-3H3/t24-/m1/s1. The molecule has 6 heteroatoms. The van der Waals surface area contributed by atoms with E-state index in [0.29, 0.717) is 26.2 Å². The lowest BCUT2D eigenvalue weighted by Gasteiger charge is -2.20. The number of amides is 1. The fourth-order valence-electron chi connectivity index (χ4n) is 5.15. The molecule has 1 fully saturated rings. The third-order valence-corrected chi connectivity index (χ3v) is 7.22. The Bertz CT molecular complexity index is 1390. The normalized spacial score (nSPS) is 15.5. The molecule has 3 aromatic carbocycles. The van der Waals surface area contributed by atoms with Crippen LogP contribution in [-0.2, 0) is 11.3 Å². The average Bonchev–Trinajstić information content (AvgIpc) is 3.47. The molecule has 5 rings (SSSR count). The van der Waals surface area contributed by atoms with Gasteiger partial charge in [0.1, 0.15) is 17.3 Å². The Morgan fingerprint density at radius 3 is 2.57 bits per heavy atom. The van der Waals surface area contributed by atoms with Crippen LogP contribution in [0.1, 0.15) is 49.1 Å². The number of para-hydroxylation sites is 4. The lowest BCUT2D eigenvalue weighted by atomic mass is 10.1. The van der Waals surface area contributed by atoms with Crippen LogP contribution in [-0.4, -0.2) is 35.2 Å². The Labute approximate surface area is 218 Å². The summed E-state index contributed by atoms with van der Waals surface area (Å²) in [5, 5.41) is 0. The van der Waals surface area contributed by atoms with Gasteiger partial charge in [0.25, 0.3) is 0 Å². The first-order chi connectivity index (χ1) is 18.1. The quantitative estimate of drug-likeness (QED) is 0.237.